The number of hydrogen-bond donors (Lipinski definition) is 1. The van der Waals surface area contributed by atoms with Crippen LogP contribution in [-0.2, 0) is 10.3 Å². The van der Waals surface area contributed by atoms with Gasteiger partial charge in [-0.05, 0) is 44.7 Å². The molecule has 1 aromatic carbocycles. The zero-order valence-electron chi connectivity index (χ0n) is 11.9. The molecule has 21 heavy (non-hydrogen) atoms. The predicted molar refractivity (Wildman–Crippen MR) is 75.9 cm³/mol. The van der Waals surface area contributed by atoms with Gasteiger partial charge >= 0.3 is 0 Å². The summed E-state index contributed by atoms with van der Waals surface area (Å²) in [6.07, 6.45) is 3.90. The first-order valence-electron chi connectivity index (χ1n) is 7.19. The molecule has 1 fully saturated rings. The standard InChI is InChI=1S/C15H18FN3O2/c1-2-20-15(8-3-4-9-15)14-18-13(21-19-14)10-6-5-7-11(16)12(10)17/h5-7H,2-4,8-9,17H2,1H3. The number of halogens is 1. The second-order valence-corrected chi connectivity index (χ2v) is 5.26. The minimum absolute atomic E-state index is 0.0181. The van der Waals surface area contributed by atoms with Crippen LogP contribution in [0, 0.1) is 5.82 Å². The number of hydrogen-bond acceptors (Lipinski definition) is 5. The van der Waals surface area contributed by atoms with Crippen molar-refractivity contribution < 1.29 is 13.7 Å². The van der Waals surface area contributed by atoms with Crippen LogP contribution in [0.4, 0.5) is 10.1 Å². The van der Waals surface area contributed by atoms with Crippen LogP contribution in [-0.4, -0.2) is 16.7 Å². The number of rotatable bonds is 4. The largest absolute Gasteiger partial charge is 0.396 e. The van der Waals surface area contributed by atoms with Gasteiger partial charge in [0.1, 0.15) is 11.4 Å². The second kappa shape index (κ2) is 5.44. The van der Waals surface area contributed by atoms with Gasteiger partial charge in [0, 0.05) is 6.61 Å². The molecule has 0 amide bonds. The van der Waals surface area contributed by atoms with Crippen LogP contribution in [0.1, 0.15) is 38.4 Å². The molecule has 0 aliphatic heterocycles. The first kappa shape index (κ1) is 14.0. The third kappa shape index (κ3) is 2.40. The molecule has 1 heterocycles. The number of nitrogens with two attached hydrogens (primary N) is 1. The van der Waals surface area contributed by atoms with Crippen molar-refractivity contribution in [1.29, 1.82) is 0 Å². The van der Waals surface area contributed by atoms with Gasteiger partial charge in [-0.3, -0.25) is 0 Å². The van der Waals surface area contributed by atoms with E-state index in [1.807, 2.05) is 6.92 Å². The number of nitrogen functional groups attached to an aromatic ring is 1. The molecule has 6 heteroatoms. The lowest BCUT2D eigenvalue weighted by Gasteiger charge is -2.24. The fourth-order valence-corrected chi connectivity index (χ4v) is 2.90. The SMILES string of the molecule is CCOC1(c2noc(-c3cccc(F)c3N)n2)CCCC1. The van der Waals surface area contributed by atoms with E-state index in [4.69, 9.17) is 15.0 Å². The zero-order chi connectivity index (χ0) is 14.9. The van der Waals surface area contributed by atoms with E-state index < -0.39 is 11.4 Å². The summed E-state index contributed by atoms with van der Waals surface area (Å²) in [6, 6.07) is 4.53. The van der Waals surface area contributed by atoms with Gasteiger partial charge in [0.2, 0.25) is 5.82 Å². The summed E-state index contributed by atoms with van der Waals surface area (Å²) >= 11 is 0. The van der Waals surface area contributed by atoms with Gasteiger partial charge < -0.3 is 15.0 Å². The minimum atomic E-state index is -0.493. The molecule has 112 valence electrons. The van der Waals surface area contributed by atoms with E-state index in [0.717, 1.165) is 25.7 Å². The highest BCUT2D eigenvalue weighted by molar-refractivity contribution is 5.70. The Morgan fingerprint density at radius 2 is 2.14 bits per heavy atom. The summed E-state index contributed by atoms with van der Waals surface area (Å²) in [5, 5.41) is 4.05. The van der Waals surface area contributed by atoms with Crippen LogP contribution in [0.15, 0.2) is 22.7 Å². The Hall–Kier alpha value is -1.95. The average Bonchev–Trinajstić information content (AvgIpc) is 3.12. The van der Waals surface area contributed by atoms with Crippen molar-refractivity contribution >= 4 is 5.69 Å². The van der Waals surface area contributed by atoms with Gasteiger partial charge in [-0.2, -0.15) is 4.98 Å². The highest BCUT2D eigenvalue weighted by Gasteiger charge is 2.41. The Labute approximate surface area is 122 Å². The average molecular weight is 291 g/mol. The molecular weight excluding hydrogens is 273 g/mol. The highest BCUT2D eigenvalue weighted by Crippen LogP contribution is 2.41. The predicted octanol–water partition coefficient (Wildman–Crippen LogP) is 3.26. The number of aromatic nitrogens is 2. The van der Waals surface area contributed by atoms with Gasteiger partial charge in [-0.1, -0.05) is 11.2 Å². The molecule has 0 bridgehead atoms. The molecule has 0 unspecified atom stereocenters. The van der Waals surface area contributed by atoms with Gasteiger partial charge in [0.05, 0.1) is 11.3 Å². The molecule has 5 nitrogen and oxygen atoms in total. The van der Waals surface area contributed by atoms with Crippen LogP contribution in [0.25, 0.3) is 11.5 Å². The van der Waals surface area contributed by atoms with Gasteiger partial charge in [0.15, 0.2) is 0 Å². The van der Waals surface area contributed by atoms with Gasteiger partial charge in [-0.25, -0.2) is 4.39 Å². The van der Waals surface area contributed by atoms with E-state index in [-0.39, 0.29) is 11.6 Å². The molecule has 1 saturated carbocycles. The summed E-state index contributed by atoms with van der Waals surface area (Å²) in [7, 11) is 0. The maximum atomic E-state index is 13.5. The lowest BCUT2D eigenvalue weighted by Crippen LogP contribution is -2.27. The fraction of sp³-hybridized carbons (Fsp3) is 0.467. The van der Waals surface area contributed by atoms with Crippen molar-refractivity contribution in [2.24, 2.45) is 0 Å². The van der Waals surface area contributed by atoms with E-state index >= 15 is 0 Å². The summed E-state index contributed by atoms with van der Waals surface area (Å²) in [4.78, 5) is 4.41. The van der Waals surface area contributed by atoms with Crippen molar-refractivity contribution in [2.75, 3.05) is 12.3 Å². The first-order valence-corrected chi connectivity index (χ1v) is 7.19. The normalized spacial score (nSPS) is 17.2. The molecule has 2 N–H and O–H groups in total. The summed E-state index contributed by atoms with van der Waals surface area (Å²) in [6.45, 7) is 2.54. The maximum Gasteiger partial charge on any atom is 0.260 e. The molecule has 1 aliphatic carbocycles. The third-order valence-electron chi connectivity index (χ3n) is 3.95. The minimum Gasteiger partial charge on any atom is -0.396 e. The Bertz CT molecular complexity index is 636. The summed E-state index contributed by atoms with van der Waals surface area (Å²) in [5.74, 6) is 0.265. The summed E-state index contributed by atoms with van der Waals surface area (Å²) < 4.78 is 24.7. The zero-order valence-corrected chi connectivity index (χ0v) is 11.9. The van der Waals surface area contributed by atoms with E-state index in [0.29, 0.717) is 18.0 Å². The Kier molecular flexibility index (Phi) is 3.63. The van der Waals surface area contributed by atoms with Crippen LogP contribution < -0.4 is 5.73 Å². The van der Waals surface area contributed by atoms with Crippen LogP contribution in [0.3, 0.4) is 0 Å². The van der Waals surface area contributed by atoms with Crippen molar-refractivity contribution in [3.63, 3.8) is 0 Å². The smallest absolute Gasteiger partial charge is 0.260 e. The lowest BCUT2D eigenvalue weighted by molar-refractivity contribution is -0.0469. The molecule has 2 aromatic rings. The lowest BCUT2D eigenvalue weighted by atomic mass is 10.0. The number of anilines is 1. The van der Waals surface area contributed by atoms with E-state index in [1.54, 1.807) is 12.1 Å². The Balaban J connectivity index is 1.98. The number of benzene rings is 1. The first-order chi connectivity index (χ1) is 10.2. The number of ether oxygens (including phenoxy) is 1. The monoisotopic (exact) mass is 291 g/mol. The second-order valence-electron chi connectivity index (χ2n) is 5.26. The van der Waals surface area contributed by atoms with Crippen LogP contribution >= 0.6 is 0 Å². The van der Waals surface area contributed by atoms with Crippen molar-refractivity contribution in [2.45, 2.75) is 38.2 Å². The molecule has 0 atom stereocenters. The topological polar surface area (TPSA) is 74.2 Å². The molecule has 1 aliphatic rings. The fourth-order valence-electron chi connectivity index (χ4n) is 2.90. The van der Waals surface area contributed by atoms with E-state index in [2.05, 4.69) is 10.1 Å². The van der Waals surface area contributed by atoms with E-state index in [9.17, 15) is 4.39 Å². The Morgan fingerprint density at radius 1 is 1.38 bits per heavy atom. The number of nitrogens with zero attached hydrogens (tertiary/aromatic N) is 2. The molecule has 1 aromatic heterocycles. The van der Waals surface area contributed by atoms with Gasteiger partial charge in [-0.15, -0.1) is 0 Å². The van der Waals surface area contributed by atoms with E-state index in [1.165, 1.54) is 6.07 Å². The Morgan fingerprint density at radius 3 is 2.86 bits per heavy atom. The highest BCUT2D eigenvalue weighted by atomic mass is 19.1. The quantitative estimate of drug-likeness (QED) is 0.875. The van der Waals surface area contributed by atoms with Crippen molar-refractivity contribution in [3.8, 4) is 11.5 Å². The van der Waals surface area contributed by atoms with Crippen molar-refractivity contribution in [3.05, 3.63) is 29.8 Å². The molecule has 0 spiro atoms. The molecular formula is C15H18FN3O2. The molecule has 3 rings (SSSR count). The molecule has 0 saturated heterocycles. The maximum absolute atomic E-state index is 13.5. The van der Waals surface area contributed by atoms with Crippen molar-refractivity contribution in [1.82, 2.24) is 10.1 Å². The van der Waals surface area contributed by atoms with Gasteiger partial charge in [0.25, 0.3) is 5.89 Å². The third-order valence-corrected chi connectivity index (χ3v) is 3.95. The number of para-hydroxylation sites is 1. The van der Waals surface area contributed by atoms with Crippen LogP contribution in [0.2, 0.25) is 0 Å². The molecule has 0 radical (unpaired) electrons. The summed E-state index contributed by atoms with van der Waals surface area (Å²) in [5.41, 5.74) is 5.69. The van der Waals surface area contributed by atoms with Crippen LogP contribution in [0.5, 0.6) is 0 Å².